The first-order valence-corrected chi connectivity index (χ1v) is 9.35. The molecule has 0 spiro atoms. The van der Waals surface area contributed by atoms with E-state index in [2.05, 4.69) is 42.2 Å². The van der Waals surface area contributed by atoms with Crippen LogP contribution in [-0.4, -0.2) is 55.6 Å². The van der Waals surface area contributed by atoms with Crippen molar-refractivity contribution in [1.82, 2.24) is 9.80 Å². The van der Waals surface area contributed by atoms with Crippen LogP contribution in [0, 0.1) is 18.3 Å². The molecule has 28 heavy (non-hydrogen) atoms. The van der Waals surface area contributed by atoms with Gasteiger partial charge in [-0.2, -0.15) is 5.26 Å². The SMILES string of the molecule is COc1cc(C#N)ccc1OCC(=O)N1CCN(Cc2cccc(C)c2)CC1. The lowest BCUT2D eigenvalue weighted by molar-refractivity contribution is -0.135. The minimum Gasteiger partial charge on any atom is -0.493 e. The van der Waals surface area contributed by atoms with Gasteiger partial charge in [0.15, 0.2) is 18.1 Å². The summed E-state index contributed by atoms with van der Waals surface area (Å²) in [5, 5.41) is 8.95. The molecule has 1 saturated heterocycles. The molecule has 146 valence electrons. The Labute approximate surface area is 165 Å². The van der Waals surface area contributed by atoms with Gasteiger partial charge in [-0.05, 0) is 24.6 Å². The molecular weight excluding hydrogens is 354 g/mol. The maximum atomic E-state index is 12.5. The van der Waals surface area contributed by atoms with Crippen LogP contribution in [0.4, 0.5) is 0 Å². The van der Waals surface area contributed by atoms with E-state index in [9.17, 15) is 4.79 Å². The first-order chi connectivity index (χ1) is 13.6. The van der Waals surface area contributed by atoms with E-state index in [1.165, 1.54) is 18.2 Å². The molecule has 0 atom stereocenters. The zero-order valence-electron chi connectivity index (χ0n) is 16.4. The molecule has 0 radical (unpaired) electrons. The second-order valence-corrected chi connectivity index (χ2v) is 6.91. The van der Waals surface area contributed by atoms with Gasteiger partial charge in [0.1, 0.15) is 0 Å². The lowest BCUT2D eigenvalue weighted by Crippen LogP contribution is -2.49. The Morgan fingerprint density at radius 2 is 1.89 bits per heavy atom. The van der Waals surface area contributed by atoms with Gasteiger partial charge in [0.2, 0.25) is 0 Å². The van der Waals surface area contributed by atoms with Crippen molar-refractivity contribution < 1.29 is 14.3 Å². The van der Waals surface area contributed by atoms with Gasteiger partial charge >= 0.3 is 0 Å². The number of hydrogen-bond acceptors (Lipinski definition) is 5. The molecule has 6 heteroatoms. The van der Waals surface area contributed by atoms with Crippen LogP contribution in [-0.2, 0) is 11.3 Å². The average Bonchev–Trinajstić information content (AvgIpc) is 2.72. The van der Waals surface area contributed by atoms with Crippen LogP contribution >= 0.6 is 0 Å². The Morgan fingerprint density at radius 1 is 1.11 bits per heavy atom. The van der Waals surface area contributed by atoms with Crippen LogP contribution in [0.2, 0.25) is 0 Å². The number of benzene rings is 2. The third-order valence-corrected chi connectivity index (χ3v) is 4.86. The van der Waals surface area contributed by atoms with Crippen molar-refractivity contribution in [1.29, 1.82) is 5.26 Å². The Morgan fingerprint density at radius 3 is 2.57 bits per heavy atom. The number of carbonyl (C=O) groups excluding carboxylic acids is 1. The van der Waals surface area contributed by atoms with Crippen LogP contribution in [0.25, 0.3) is 0 Å². The normalized spacial score (nSPS) is 14.4. The second kappa shape index (κ2) is 9.25. The predicted molar refractivity (Wildman–Crippen MR) is 106 cm³/mol. The topological polar surface area (TPSA) is 65.8 Å². The third-order valence-electron chi connectivity index (χ3n) is 4.86. The number of nitriles is 1. The molecule has 0 N–H and O–H groups in total. The molecule has 0 unspecified atom stereocenters. The fraction of sp³-hybridized carbons (Fsp3) is 0.364. The van der Waals surface area contributed by atoms with Crippen molar-refractivity contribution in [3.05, 3.63) is 59.2 Å². The number of carbonyl (C=O) groups is 1. The number of rotatable bonds is 6. The van der Waals surface area contributed by atoms with Crippen molar-refractivity contribution in [2.45, 2.75) is 13.5 Å². The molecule has 6 nitrogen and oxygen atoms in total. The van der Waals surface area contributed by atoms with Crippen molar-refractivity contribution in [2.24, 2.45) is 0 Å². The Kier molecular flexibility index (Phi) is 6.51. The molecule has 2 aromatic rings. The summed E-state index contributed by atoms with van der Waals surface area (Å²) in [6.45, 7) is 6.04. The number of amides is 1. The van der Waals surface area contributed by atoms with Crippen molar-refractivity contribution in [3.63, 3.8) is 0 Å². The Bertz CT molecular complexity index is 868. The van der Waals surface area contributed by atoms with Gasteiger partial charge < -0.3 is 14.4 Å². The summed E-state index contributed by atoms with van der Waals surface area (Å²) in [5.41, 5.74) is 3.05. The molecule has 1 fully saturated rings. The van der Waals surface area contributed by atoms with Gasteiger partial charge in [-0.25, -0.2) is 0 Å². The second-order valence-electron chi connectivity index (χ2n) is 6.91. The first kappa shape index (κ1) is 19.7. The summed E-state index contributed by atoms with van der Waals surface area (Å²) in [7, 11) is 1.51. The van der Waals surface area contributed by atoms with Crippen LogP contribution in [0.5, 0.6) is 11.5 Å². The van der Waals surface area contributed by atoms with E-state index in [1.807, 2.05) is 4.90 Å². The van der Waals surface area contributed by atoms with Crippen LogP contribution < -0.4 is 9.47 Å². The summed E-state index contributed by atoms with van der Waals surface area (Å²) in [5.74, 6) is 0.879. The molecule has 0 bridgehead atoms. The zero-order valence-corrected chi connectivity index (χ0v) is 16.4. The molecule has 1 aliphatic heterocycles. The zero-order chi connectivity index (χ0) is 19.9. The monoisotopic (exact) mass is 379 g/mol. The molecule has 1 aliphatic rings. The first-order valence-electron chi connectivity index (χ1n) is 9.35. The molecule has 3 rings (SSSR count). The van der Waals surface area contributed by atoms with Gasteiger partial charge in [0.05, 0.1) is 18.7 Å². The van der Waals surface area contributed by atoms with Crippen molar-refractivity contribution >= 4 is 5.91 Å². The van der Waals surface area contributed by atoms with Gasteiger partial charge in [-0.15, -0.1) is 0 Å². The maximum absolute atomic E-state index is 12.5. The largest absolute Gasteiger partial charge is 0.493 e. The molecule has 0 aromatic heterocycles. The number of methoxy groups -OCH3 is 1. The molecule has 0 saturated carbocycles. The van der Waals surface area contributed by atoms with Gasteiger partial charge in [0.25, 0.3) is 5.91 Å². The number of ether oxygens (including phenoxy) is 2. The maximum Gasteiger partial charge on any atom is 0.260 e. The van der Waals surface area contributed by atoms with E-state index in [-0.39, 0.29) is 12.5 Å². The number of piperazine rings is 1. The average molecular weight is 379 g/mol. The Balaban J connectivity index is 1.48. The highest BCUT2D eigenvalue weighted by Crippen LogP contribution is 2.27. The molecular formula is C22H25N3O3. The minimum atomic E-state index is -0.0415. The van der Waals surface area contributed by atoms with Crippen molar-refractivity contribution in [2.75, 3.05) is 39.9 Å². The summed E-state index contributed by atoms with van der Waals surface area (Å²) in [6.07, 6.45) is 0. The van der Waals surface area contributed by atoms with E-state index in [1.54, 1.807) is 18.2 Å². The highest BCUT2D eigenvalue weighted by atomic mass is 16.5. The van der Waals surface area contributed by atoms with Crippen LogP contribution in [0.15, 0.2) is 42.5 Å². The van der Waals surface area contributed by atoms with E-state index in [4.69, 9.17) is 14.7 Å². The van der Waals surface area contributed by atoms with E-state index < -0.39 is 0 Å². The quantitative estimate of drug-likeness (QED) is 0.772. The lowest BCUT2D eigenvalue weighted by Gasteiger charge is -2.34. The van der Waals surface area contributed by atoms with E-state index >= 15 is 0 Å². The molecule has 1 amide bonds. The van der Waals surface area contributed by atoms with E-state index in [0.717, 1.165) is 19.6 Å². The molecule has 2 aromatic carbocycles. The predicted octanol–water partition coefficient (Wildman–Crippen LogP) is 2.60. The molecule has 0 aliphatic carbocycles. The smallest absolute Gasteiger partial charge is 0.260 e. The summed E-state index contributed by atoms with van der Waals surface area (Å²) in [6, 6.07) is 15.5. The Hall–Kier alpha value is -3.04. The number of hydrogen-bond donors (Lipinski definition) is 0. The highest BCUT2D eigenvalue weighted by molar-refractivity contribution is 5.78. The number of nitrogens with zero attached hydrogens (tertiary/aromatic N) is 3. The number of aryl methyl sites for hydroxylation is 1. The summed E-state index contributed by atoms with van der Waals surface area (Å²) >= 11 is 0. The van der Waals surface area contributed by atoms with Gasteiger partial charge in [0, 0.05) is 38.8 Å². The summed E-state index contributed by atoms with van der Waals surface area (Å²) in [4.78, 5) is 16.7. The third kappa shape index (κ3) is 5.02. The fourth-order valence-electron chi connectivity index (χ4n) is 3.31. The minimum absolute atomic E-state index is 0.0402. The van der Waals surface area contributed by atoms with Crippen LogP contribution in [0.1, 0.15) is 16.7 Å². The fourth-order valence-corrected chi connectivity index (χ4v) is 3.31. The van der Waals surface area contributed by atoms with Crippen molar-refractivity contribution in [3.8, 4) is 17.6 Å². The van der Waals surface area contributed by atoms with Gasteiger partial charge in [-0.1, -0.05) is 29.8 Å². The van der Waals surface area contributed by atoms with E-state index in [0.29, 0.717) is 30.2 Å². The standard InChI is InChI=1S/C22H25N3O3/c1-17-4-3-5-19(12-17)15-24-8-10-25(11-9-24)22(26)16-28-20-7-6-18(14-23)13-21(20)27-2/h3-7,12-13H,8-11,15-16H2,1-2H3. The lowest BCUT2D eigenvalue weighted by atomic mass is 10.1. The molecule has 1 heterocycles. The summed E-state index contributed by atoms with van der Waals surface area (Å²) < 4.78 is 10.9. The van der Waals surface area contributed by atoms with Gasteiger partial charge in [-0.3, -0.25) is 9.69 Å². The van der Waals surface area contributed by atoms with Crippen LogP contribution in [0.3, 0.4) is 0 Å². The highest BCUT2D eigenvalue weighted by Gasteiger charge is 2.22.